The number of carbonyl (C=O) groups excluding carboxylic acids is 1. The Kier molecular flexibility index (Phi) is 3.28. The first kappa shape index (κ1) is 11.7. The smallest absolute Gasteiger partial charge is 0.232 e. The average molecular weight is 260 g/mol. The number of hydrogen-bond donors (Lipinski definition) is 1. The number of amides is 1. The Morgan fingerprint density at radius 1 is 1.28 bits per heavy atom. The van der Waals surface area contributed by atoms with Crippen LogP contribution >= 0.6 is 11.8 Å². The summed E-state index contributed by atoms with van der Waals surface area (Å²) in [7, 11) is 0. The van der Waals surface area contributed by atoms with Crippen molar-refractivity contribution < 1.29 is 4.79 Å². The van der Waals surface area contributed by atoms with Gasteiger partial charge in [-0.05, 0) is 18.9 Å². The van der Waals surface area contributed by atoms with Gasteiger partial charge in [-0.25, -0.2) is 0 Å². The predicted octanol–water partition coefficient (Wildman–Crippen LogP) is 2.88. The van der Waals surface area contributed by atoms with E-state index >= 15 is 0 Å². The van der Waals surface area contributed by atoms with Crippen LogP contribution < -0.4 is 0 Å². The molecule has 3 nitrogen and oxygen atoms in total. The van der Waals surface area contributed by atoms with Gasteiger partial charge in [-0.1, -0.05) is 18.2 Å². The normalized spacial score (nSPS) is 15.4. The van der Waals surface area contributed by atoms with Gasteiger partial charge in [0.15, 0.2) is 0 Å². The van der Waals surface area contributed by atoms with Crippen LogP contribution in [0.15, 0.2) is 35.4 Å². The highest BCUT2D eigenvalue weighted by Gasteiger charge is 2.18. The Morgan fingerprint density at radius 3 is 2.89 bits per heavy atom. The molecule has 1 aliphatic rings. The van der Waals surface area contributed by atoms with Crippen molar-refractivity contribution in [3.8, 4) is 0 Å². The summed E-state index contributed by atoms with van der Waals surface area (Å²) < 4.78 is 0. The van der Waals surface area contributed by atoms with Gasteiger partial charge in [0.25, 0.3) is 0 Å². The van der Waals surface area contributed by atoms with Crippen molar-refractivity contribution in [3.05, 3.63) is 30.5 Å². The van der Waals surface area contributed by atoms with E-state index in [0.29, 0.717) is 5.75 Å². The second-order valence-corrected chi connectivity index (χ2v) is 5.59. The fourth-order valence-corrected chi connectivity index (χ4v) is 3.30. The van der Waals surface area contributed by atoms with Crippen LogP contribution in [0.1, 0.15) is 12.8 Å². The molecule has 2 aromatic rings. The molecule has 94 valence electrons. The van der Waals surface area contributed by atoms with Crippen LogP contribution in [0.5, 0.6) is 0 Å². The van der Waals surface area contributed by atoms with Crippen LogP contribution in [-0.2, 0) is 4.79 Å². The molecule has 1 amide bonds. The minimum absolute atomic E-state index is 0.266. The number of aromatic nitrogens is 1. The maximum absolute atomic E-state index is 12.0. The molecule has 4 heteroatoms. The molecule has 0 saturated carbocycles. The molecule has 1 aromatic heterocycles. The van der Waals surface area contributed by atoms with Crippen molar-refractivity contribution in [1.29, 1.82) is 0 Å². The molecule has 0 atom stereocenters. The molecule has 18 heavy (non-hydrogen) atoms. The van der Waals surface area contributed by atoms with Gasteiger partial charge in [-0.3, -0.25) is 4.79 Å². The first-order valence-corrected chi connectivity index (χ1v) is 7.30. The third kappa shape index (κ3) is 2.25. The molecular weight excluding hydrogens is 244 g/mol. The summed E-state index contributed by atoms with van der Waals surface area (Å²) in [6, 6.07) is 8.20. The van der Waals surface area contributed by atoms with Crippen molar-refractivity contribution in [1.82, 2.24) is 9.88 Å². The van der Waals surface area contributed by atoms with Crippen molar-refractivity contribution in [2.24, 2.45) is 0 Å². The number of para-hydroxylation sites is 1. The average Bonchev–Trinajstić information content (AvgIpc) is 3.06. The molecule has 1 fully saturated rings. The first-order valence-electron chi connectivity index (χ1n) is 6.31. The van der Waals surface area contributed by atoms with Crippen LogP contribution in [0.25, 0.3) is 10.9 Å². The van der Waals surface area contributed by atoms with Gasteiger partial charge < -0.3 is 9.88 Å². The predicted molar refractivity (Wildman–Crippen MR) is 74.8 cm³/mol. The van der Waals surface area contributed by atoms with Crippen molar-refractivity contribution in [2.45, 2.75) is 17.7 Å². The number of aromatic amines is 1. The van der Waals surface area contributed by atoms with Crippen LogP contribution in [0.3, 0.4) is 0 Å². The topological polar surface area (TPSA) is 36.1 Å². The number of hydrogen-bond acceptors (Lipinski definition) is 2. The highest BCUT2D eigenvalue weighted by Crippen LogP contribution is 2.28. The largest absolute Gasteiger partial charge is 0.360 e. The molecule has 1 saturated heterocycles. The number of carbonyl (C=O) groups is 1. The zero-order valence-electron chi connectivity index (χ0n) is 10.2. The van der Waals surface area contributed by atoms with E-state index in [1.807, 2.05) is 23.2 Å². The lowest BCUT2D eigenvalue weighted by Gasteiger charge is -2.14. The van der Waals surface area contributed by atoms with Crippen molar-refractivity contribution >= 4 is 28.6 Å². The maximum atomic E-state index is 12.0. The zero-order valence-corrected chi connectivity index (χ0v) is 11.0. The Morgan fingerprint density at radius 2 is 2.06 bits per heavy atom. The van der Waals surface area contributed by atoms with E-state index in [4.69, 9.17) is 0 Å². The fraction of sp³-hybridized carbons (Fsp3) is 0.357. The van der Waals surface area contributed by atoms with E-state index in [2.05, 4.69) is 17.1 Å². The maximum Gasteiger partial charge on any atom is 0.232 e. The summed E-state index contributed by atoms with van der Waals surface area (Å²) in [6.45, 7) is 1.88. The van der Waals surface area contributed by atoms with Gasteiger partial charge in [0.05, 0.1) is 5.75 Å². The molecule has 1 aliphatic heterocycles. The lowest BCUT2D eigenvalue weighted by molar-refractivity contribution is -0.127. The third-order valence-corrected chi connectivity index (χ3v) is 4.40. The quantitative estimate of drug-likeness (QED) is 0.861. The summed E-state index contributed by atoms with van der Waals surface area (Å²) in [4.78, 5) is 18.3. The lowest BCUT2D eigenvalue weighted by Crippen LogP contribution is -2.29. The SMILES string of the molecule is O=C(CSc1c[nH]c2ccccc12)N1CCCC1. The summed E-state index contributed by atoms with van der Waals surface area (Å²) in [5.41, 5.74) is 1.13. The number of likely N-dealkylation sites (tertiary alicyclic amines) is 1. The first-order chi connectivity index (χ1) is 8.84. The van der Waals surface area contributed by atoms with Gasteiger partial charge in [0.2, 0.25) is 5.91 Å². The van der Waals surface area contributed by atoms with Crippen molar-refractivity contribution in [2.75, 3.05) is 18.8 Å². The van der Waals surface area contributed by atoms with Crippen LogP contribution in [0.4, 0.5) is 0 Å². The standard InChI is InChI=1S/C14H16N2OS/c17-14(16-7-3-4-8-16)10-18-13-9-15-12-6-2-1-5-11(12)13/h1-2,5-6,9,15H,3-4,7-8,10H2. The Hall–Kier alpha value is -1.42. The van der Waals surface area contributed by atoms with Gasteiger partial charge >= 0.3 is 0 Å². The number of nitrogens with zero attached hydrogens (tertiary/aromatic N) is 1. The molecule has 0 unspecified atom stereocenters. The molecule has 0 spiro atoms. The lowest BCUT2D eigenvalue weighted by atomic mass is 10.2. The van der Waals surface area contributed by atoms with E-state index in [9.17, 15) is 4.79 Å². The molecule has 0 aliphatic carbocycles. The van der Waals surface area contributed by atoms with Gasteiger partial charge in [0.1, 0.15) is 0 Å². The van der Waals surface area contributed by atoms with E-state index in [1.54, 1.807) is 11.8 Å². The van der Waals surface area contributed by atoms with Gasteiger partial charge in [-0.2, -0.15) is 0 Å². The Balaban J connectivity index is 1.67. The monoisotopic (exact) mass is 260 g/mol. The number of nitrogens with one attached hydrogen (secondary N) is 1. The minimum atomic E-state index is 0.266. The van der Waals surface area contributed by atoms with Crippen LogP contribution in [-0.4, -0.2) is 34.6 Å². The number of fused-ring (bicyclic) bond motifs is 1. The van der Waals surface area contributed by atoms with E-state index in [-0.39, 0.29) is 5.91 Å². The summed E-state index contributed by atoms with van der Waals surface area (Å²) in [6.07, 6.45) is 4.31. The molecule has 0 radical (unpaired) electrons. The van der Waals surface area contributed by atoms with Gasteiger partial charge in [0, 0.05) is 35.1 Å². The molecule has 1 aromatic carbocycles. The number of thioether (sulfide) groups is 1. The second-order valence-electron chi connectivity index (χ2n) is 4.58. The number of H-pyrrole nitrogens is 1. The van der Waals surface area contributed by atoms with E-state index in [0.717, 1.165) is 36.3 Å². The van der Waals surface area contributed by atoms with Crippen molar-refractivity contribution in [3.63, 3.8) is 0 Å². The summed E-state index contributed by atoms with van der Waals surface area (Å²) in [5, 5.41) is 1.21. The highest BCUT2D eigenvalue weighted by molar-refractivity contribution is 8.00. The second kappa shape index (κ2) is 5.06. The number of rotatable bonds is 3. The highest BCUT2D eigenvalue weighted by atomic mass is 32.2. The van der Waals surface area contributed by atoms with E-state index in [1.165, 1.54) is 5.39 Å². The number of benzene rings is 1. The zero-order chi connectivity index (χ0) is 12.4. The molecule has 1 N–H and O–H groups in total. The fourth-order valence-electron chi connectivity index (χ4n) is 2.36. The minimum Gasteiger partial charge on any atom is -0.360 e. The summed E-state index contributed by atoms with van der Waals surface area (Å²) in [5.74, 6) is 0.810. The molecular formula is C14H16N2OS. The molecule has 0 bridgehead atoms. The Bertz CT molecular complexity index is 558. The van der Waals surface area contributed by atoms with E-state index < -0.39 is 0 Å². The van der Waals surface area contributed by atoms with Crippen LogP contribution in [0.2, 0.25) is 0 Å². The van der Waals surface area contributed by atoms with Crippen LogP contribution in [0, 0.1) is 0 Å². The molecule has 2 heterocycles. The Labute approximate surface area is 111 Å². The van der Waals surface area contributed by atoms with Gasteiger partial charge in [-0.15, -0.1) is 11.8 Å². The third-order valence-electron chi connectivity index (χ3n) is 3.36. The molecule has 3 rings (SSSR count). The summed E-state index contributed by atoms with van der Waals surface area (Å²) >= 11 is 1.63.